The van der Waals surface area contributed by atoms with Crippen LogP contribution in [0.5, 0.6) is 5.75 Å². The summed E-state index contributed by atoms with van der Waals surface area (Å²) in [7, 11) is 1.71. The van der Waals surface area contributed by atoms with Crippen LogP contribution < -0.4 is 10.1 Å². The highest BCUT2D eigenvalue weighted by Gasteiger charge is 2.11. The monoisotopic (exact) mass is 337 g/mol. The summed E-state index contributed by atoms with van der Waals surface area (Å²) in [5.74, 6) is 1.84. The number of aromatic nitrogens is 2. The van der Waals surface area contributed by atoms with E-state index in [1.54, 1.807) is 7.11 Å². The summed E-state index contributed by atoms with van der Waals surface area (Å²) in [6, 6.07) is 16.4. The van der Waals surface area contributed by atoms with Gasteiger partial charge < -0.3 is 14.6 Å². The van der Waals surface area contributed by atoms with Gasteiger partial charge in [0, 0.05) is 18.7 Å². The summed E-state index contributed by atoms with van der Waals surface area (Å²) in [6.07, 6.45) is 4.98. The fraction of sp³-hybridized carbons (Fsp3) is 0.381. The van der Waals surface area contributed by atoms with Crippen LogP contribution >= 0.6 is 0 Å². The topological polar surface area (TPSA) is 39.1 Å². The highest BCUT2D eigenvalue weighted by atomic mass is 16.5. The Hall–Kier alpha value is -2.49. The zero-order valence-corrected chi connectivity index (χ0v) is 15.2. The van der Waals surface area contributed by atoms with Crippen LogP contribution in [0.2, 0.25) is 0 Å². The maximum Gasteiger partial charge on any atom is 0.204 e. The molecule has 0 amide bonds. The Kier molecular flexibility index (Phi) is 5.94. The van der Waals surface area contributed by atoms with E-state index in [1.165, 1.54) is 31.2 Å². The molecule has 1 heterocycles. The summed E-state index contributed by atoms with van der Waals surface area (Å²) in [4.78, 5) is 4.79. The van der Waals surface area contributed by atoms with E-state index >= 15 is 0 Å². The van der Waals surface area contributed by atoms with Crippen molar-refractivity contribution >= 4 is 17.0 Å². The molecule has 0 radical (unpaired) electrons. The molecule has 3 rings (SSSR count). The summed E-state index contributed by atoms with van der Waals surface area (Å²) in [5, 5.41) is 3.51. The van der Waals surface area contributed by atoms with Crippen molar-refractivity contribution in [1.29, 1.82) is 0 Å². The molecule has 0 aliphatic heterocycles. The lowest BCUT2D eigenvalue weighted by Gasteiger charge is -2.12. The van der Waals surface area contributed by atoms with Gasteiger partial charge in [-0.25, -0.2) is 4.98 Å². The molecule has 0 bridgehead atoms. The molecule has 1 N–H and O–H groups in total. The number of rotatable bonds is 9. The molecule has 3 aromatic rings. The van der Waals surface area contributed by atoms with Crippen LogP contribution in [0.3, 0.4) is 0 Å². The van der Waals surface area contributed by atoms with Gasteiger partial charge in [0.25, 0.3) is 0 Å². The lowest BCUT2D eigenvalue weighted by molar-refractivity contribution is 0.410. The Morgan fingerprint density at radius 3 is 2.64 bits per heavy atom. The van der Waals surface area contributed by atoms with Crippen molar-refractivity contribution in [3.8, 4) is 5.75 Å². The van der Waals surface area contributed by atoms with Gasteiger partial charge in [-0.05, 0) is 24.6 Å². The summed E-state index contributed by atoms with van der Waals surface area (Å²) >= 11 is 0. The third-order valence-electron chi connectivity index (χ3n) is 4.52. The van der Waals surface area contributed by atoms with Gasteiger partial charge in [0.05, 0.1) is 18.1 Å². The molecule has 4 heteroatoms. The van der Waals surface area contributed by atoms with Crippen LogP contribution in [0, 0.1) is 0 Å². The molecule has 0 aliphatic rings. The van der Waals surface area contributed by atoms with Crippen molar-refractivity contribution in [1.82, 2.24) is 9.55 Å². The number of unbranched alkanes of at least 4 members (excludes halogenated alkanes) is 3. The minimum Gasteiger partial charge on any atom is -0.496 e. The summed E-state index contributed by atoms with van der Waals surface area (Å²) in [6.45, 7) is 3.93. The molecule has 1 aromatic heterocycles. The van der Waals surface area contributed by atoms with E-state index in [0.717, 1.165) is 29.3 Å². The molecule has 0 saturated carbocycles. The highest BCUT2D eigenvalue weighted by Crippen LogP contribution is 2.23. The first-order chi connectivity index (χ1) is 12.3. The molecule has 132 valence electrons. The zero-order valence-electron chi connectivity index (χ0n) is 15.2. The van der Waals surface area contributed by atoms with Crippen molar-refractivity contribution in [2.75, 3.05) is 12.4 Å². The Labute approximate surface area is 149 Å². The van der Waals surface area contributed by atoms with Crippen LogP contribution in [0.4, 0.5) is 5.95 Å². The van der Waals surface area contributed by atoms with Crippen molar-refractivity contribution in [3.05, 3.63) is 54.1 Å². The van der Waals surface area contributed by atoms with Crippen molar-refractivity contribution < 1.29 is 4.74 Å². The summed E-state index contributed by atoms with van der Waals surface area (Å²) < 4.78 is 7.75. The Balaban J connectivity index is 1.79. The molecule has 0 spiro atoms. The highest BCUT2D eigenvalue weighted by molar-refractivity contribution is 5.78. The number of ether oxygens (including phenoxy) is 1. The smallest absolute Gasteiger partial charge is 0.204 e. The van der Waals surface area contributed by atoms with Crippen molar-refractivity contribution in [2.24, 2.45) is 0 Å². The van der Waals surface area contributed by atoms with Gasteiger partial charge >= 0.3 is 0 Å². The first kappa shape index (κ1) is 17.3. The van der Waals surface area contributed by atoms with E-state index in [4.69, 9.17) is 9.72 Å². The number of aryl methyl sites for hydroxylation is 1. The van der Waals surface area contributed by atoms with Gasteiger partial charge in [-0.3, -0.25) is 0 Å². The lowest BCUT2D eigenvalue weighted by Crippen LogP contribution is -2.08. The number of fused-ring (bicyclic) bond motifs is 1. The van der Waals surface area contributed by atoms with Gasteiger partial charge in [-0.1, -0.05) is 56.5 Å². The lowest BCUT2D eigenvalue weighted by atomic mass is 10.2. The fourth-order valence-corrected chi connectivity index (χ4v) is 3.16. The first-order valence-corrected chi connectivity index (χ1v) is 9.14. The van der Waals surface area contributed by atoms with E-state index in [-0.39, 0.29) is 0 Å². The Morgan fingerprint density at radius 1 is 1.00 bits per heavy atom. The number of hydrogen-bond donors (Lipinski definition) is 1. The van der Waals surface area contributed by atoms with Crippen LogP contribution in [-0.2, 0) is 13.1 Å². The molecule has 0 unspecified atom stereocenters. The van der Waals surface area contributed by atoms with Gasteiger partial charge in [-0.2, -0.15) is 0 Å². The molecule has 0 saturated heterocycles. The average Bonchev–Trinajstić information content (AvgIpc) is 3.01. The second-order valence-electron chi connectivity index (χ2n) is 6.30. The van der Waals surface area contributed by atoms with E-state index in [1.807, 2.05) is 24.3 Å². The summed E-state index contributed by atoms with van der Waals surface area (Å²) in [5.41, 5.74) is 3.37. The zero-order chi connectivity index (χ0) is 17.5. The standard InChI is InChI=1S/C21H27N3O/c1-3-4-5-10-15-24-19-13-8-7-12-18(19)23-21(24)22-16-17-11-6-9-14-20(17)25-2/h6-9,11-14H,3-5,10,15-16H2,1-2H3,(H,22,23). The van der Waals surface area contributed by atoms with Crippen molar-refractivity contribution in [2.45, 2.75) is 45.7 Å². The predicted molar refractivity (Wildman–Crippen MR) is 104 cm³/mol. The van der Waals surface area contributed by atoms with E-state index in [0.29, 0.717) is 6.54 Å². The van der Waals surface area contributed by atoms with Crippen LogP contribution in [-0.4, -0.2) is 16.7 Å². The molecule has 0 fully saturated rings. The molecular formula is C21H27N3O. The van der Waals surface area contributed by atoms with Gasteiger partial charge in [0.1, 0.15) is 5.75 Å². The number of hydrogen-bond acceptors (Lipinski definition) is 3. The number of para-hydroxylation sites is 3. The maximum atomic E-state index is 5.45. The number of nitrogens with zero attached hydrogens (tertiary/aromatic N) is 2. The average molecular weight is 337 g/mol. The molecular weight excluding hydrogens is 310 g/mol. The van der Waals surface area contributed by atoms with E-state index < -0.39 is 0 Å². The van der Waals surface area contributed by atoms with Gasteiger partial charge in [0.15, 0.2) is 0 Å². The second-order valence-corrected chi connectivity index (χ2v) is 6.30. The van der Waals surface area contributed by atoms with E-state index in [2.05, 4.69) is 41.1 Å². The number of methoxy groups -OCH3 is 1. The number of imidazole rings is 1. The maximum absolute atomic E-state index is 5.45. The van der Waals surface area contributed by atoms with Crippen molar-refractivity contribution in [3.63, 3.8) is 0 Å². The second kappa shape index (κ2) is 8.56. The Morgan fingerprint density at radius 2 is 1.80 bits per heavy atom. The predicted octanol–water partition coefficient (Wildman–Crippen LogP) is 5.24. The van der Waals surface area contributed by atoms with Gasteiger partial charge in [-0.15, -0.1) is 0 Å². The number of benzene rings is 2. The van der Waals surface area contributed by atoms with Crippen LogP contribution in [0.1, 0.15) is 38.2 Å². The number of nitrogens with one attached hydrogen (secondary N) is 1. The fourth-order valence-electron chi connectivity index (χ4n) is 3.16. The SMILES string of the molecule is CCCCCCn1c(NCc2ccccc2OC)nc2ccccc21. The molecule has 4 nitrogen and oxygen atoms in total. The normalized spacial score (nSPS) is 11.0. The molecule has 0 aliphatic carbocycles. The Bertz CT molecular complexity index is 810. The van der Waals surface area contributed by atoms with Crippen LogP contribution in [0.25, 0.3) is 11.0 Å². The minimum atomic E-state index is 0.697. The third kappa shape index (κ3) is 4.13. The number of anilines is 1. The molecule has 25 heavy (non-hydrogen) atoms. The first-order valence-electron chi connectivity index (χ1n) is 9.14. The molecule has 0 atom stereocenters. The van der Waals surface area contributed by atoms with E-state index in [9.17, 15) is 0 Å². The largest absolute Gasteiger partial charge is 0.496 e. The quantitative estimate of drug-likeness (QED) is 0.543. The van der Waals surface area contributed by atoms with Crippen LogP contribution in [0.15, 0.2) is 48.5 Å². The van der Waals surface area contributed by atoms with Gasteiger partial charge in [0.2, 0.25) is 5.95 Å². The molecule has 2 aromatic carbocycles. The third-order valence-corrected chi connectivity index (χ3v) is 4.52. The minimum absolute atomic E-state index is 0.697.